The van der Waals surface area contributed by atoms with Crippen LogP contribution in [-0.2, 0) is 11.3 Å². The van der Waals surface area contributed by atoms with E-state index in [1.165, 1.54) is 32.1 Å². The molecule has 1 aromatic rings. The van der Waals surface area contributed by atoms with Crippen LogP contribution in [0.4, 0.5) is 0 Å². The number of aromatic nitrogens is 1. The highest BCUT2D eigenvalue weighted by atomic mass is 16.2. The molecule has 1 saturated heterocycles. The molecule has 1 saturated carbocycles. The van der Waals surface area contributed by atoms with Crippen LogP contribution in [-0.4, -0.2) is 23.0 Å². The first kappa shape index (κ1) is 13.6. The van der Waals surface area contributed by atoms with Gasteiger partial charge in [0.15, 0.2) is 0 Å². The van der Waals surface area contributed by atoms with Crippen LogP contribution in [0.25, 0.3) is 0 Å². The number of piperidine rings is 1. The third kappa shape index (κ3) is 3.18. The van der Waals surface area contributed by atoms with Gasteiger partial charge < -0.3 is 10.6 Å². The standard InChI is InChI=1S/C16H23N3O/c20-16(18-11-12-4-3-9-17-10-12)15-8-7-13-5-1-2-6-14(13)19-15/h3-4,9-10,13-15,19H,1-2,5-8,11H2,(H,18,20). The van der Waals surface area contributed by atoms with E-state index < -0.39 is 0 Å². The van der Waals surface area contributed by atoms with Crippen molar-refractivity contribution in [3.63, 3.8) is 0 Å². The first-order valence-corrected chi connectivity index (χ1v) is 7.75. The molecule has 20 heavy (non-hydrogen) atoms. The molecule has 1 aliphatic carbocycles. The molecule has 0 radical (unpaired) electrons. The van der Waals surface area contributed by atoms with Crippen molar-refractivity contribution in [2.45, 2.75) is 57.2 Å². The van der Waals surface area contributed by atoms with Gasteiger partial charge in [-0.05, 0) is 43.2 Å². The first-order chi connectivity index (χ1) is 9.83. The average molecular weight is 273 g/mol. The predicted octanol–water partition coefficient (Wildman–Crippen LogP) is 2.01. The topological polar surface area (TPSA) is 54.0 Å². The van der Waals surface area contributed by atoms with Crippen LogP contribution in [0.15, 0.2) is 24.5 Å². The van der Waals surface area contributed by atoms with E-state index in [0.29, 0.717) is 12.6 Å². The summed E-state index contributed by atoms with van der Waals surface area (Å²) in [7, 11) is 0. The Labute approximate surface area is 120 Å². The summed E-state index contributed by atoms with van der Waals surface area (Å²) >= 11 is 0. The maximum absolute atomic E-state index is 12.3. The van der Waals surface area contributed by atoms with Gasteiger partial charge in [-0.25, -0.2) is 0 Å². The fraction of sp³-hybridized carbons (Fsp3) is 0.625. The lowest BCUT2D eigenvalue weighted by atomic mass is 9.77. The number of nitrogens with one attached hydrogen (secondary N) is 2. The van der Waals surface area contributed by atoms with Gasteiger partial charge >= 0.3 is 0 Å². The second-order valence-corrected chi connectivity index (χ2v) is 6.03. The van der Waals surface area contributed by atoms with Crippen LogP contribution in [0.1, 0.15) is 44.1 Å². The molecule has 3 rings (SSSR count). The summed E-state index contributed by atoms with van der Waals surface area (Å²) in [6.45, 7) is 0.568. The number of carbonyl (C=O) groups is 1. The molecule has 0 aromatic carbocycles. The van der Waals surface area contributed by atoms with Crippen molar-refractivity contribution in [1.82, 2.24) is 15.6 Å². The number of hydrogen-bond acceptors (Lipinski definition) is 3. The van der Waals surface area contributed by atoms with Crippen LogP contribution in [0.3, 0.4) is 0 Å². The molecule has 1 aromatic heterocycles. The molecule has 1 aliphatic heterocycles. The van der Waals surface area contributed by atoms with Crippen LogP contribution in [0.5, 0.6) is 0 Å². The Bertz CT molecular complexity index is 448. The van der Waals surface area contributed by atoms with Gasteiger partial charge in [0.1, 0.15) is 0 Å². The van der Waals surface area contributed by atoms with Gasteiger partial charge in [0.2, 0.25) is 5.91 Å². The Morgan fingerprint density at radius 2 is 2.20 bits per heavy atom. The molecule has 1 amide bonds. The molecule has 108 valence electrons. The normalized spacial score (nSPS) is 29.5. The number of fused-ring (bicyclic) bond motifs is 1. The van der Waals surface area contributed by atoms with Gasteiger partial charge in [-0.15, -0.1) is 0 Å². The van der Waals surface area contributed by atoms with E-state index in [9.17, 15) is 4.79 Å². The third-order valence-corrected chi connectivity index (χ3v) is 4.66. The van der Waals surface area contributed by atoms with Crippen molar-refractivity contribution in [2.75, 3.05) is 0 Å². The summed E-state index contributed by atoms with van der Waals surface area (Å²) in [5, 5.41) is 6.59. The number of nitrogens with zero attached hydrogens (tertiary/aromatic N) is 1. The highest BCUT2D eigenvalue weighted by molar-refractivity contribution is 5.81. The summed E-state index contributed by atoms with van der Waals surface area (Å²) in [6, 6.07) is 4.43. The van der Waals surface area contributed by atoms with Gasteiger partial charge in [-0.1, -0.05) is 18.9 Å². The molecule has 4 nitrogen and oxygen atoms in total. The van der Waals surface area contributed by atoms with Crippen LogP contribution in [0.2, 0.25) is 0 Å². The summed E-state index contributed by atoms with van der Waals surface area (Å²) in [5.41, 5.74) is 1.05. The average Bonchev–Trinajstić information content (AvgIpc) is 2.53. The van der Waals surface area contributed by atoms with Gasteiger partial charge in [-0.3, -0.25) is 9.78 Å². The monoisotopic (exact) mass is 273 g/mol. The highest BCUT2D eigenvalue weighted by Crippen LogP contribution is 2.32. The summed E-state index contributed by atoms with van der Waals surface area (Å²) < 4.78 is 0. The third-order valence-electron chi connectivity index (χ3n) is 4.66. The minimum absolute atomic E-state index is 0.00831. The van der Waals surface area contributed by atoms with E-state index in [0.717, 1.165) is 17.9 Å². The lowest BCUT2D eigenvalue weighted by molar-refractivity contribution is -0.124. The van der Waals surface area contributed by atoms with Crippen molar-refractivity contribution in [1.29, 1.82) is 0 Å². The molecular weight excluding hydrogens is 250 g/mol. The first-order valence-electron chi connectivity index (χ1n) is 7.75. The van der Waals surface area contributed by atoms with Gasteiger partial charge in [0.05, 0.1) is 6.04 Å². The molecule has 2 fully saturated rings. The maximum Gasteiger partial charge on any atom is 0.237 e. The molecule has 4 heteroatoms. The molecular formula is C16H23N3O. The smallest absolute Gasteiger partial charge is 0.237 e. The number of carbonyl (C=O) groups excluding carboxylic acids is 1. The molecule has 2 heterocycles. The van der Waals surface area contributed by atoms with Crippen molar-refractivity contribution in [3.05, 3.63) is 30.1 Å². The van der Waals surface area contributed by atoms with Crippen molar-refractivity contribution in [2.24, 2.45) is 5.92 Å². The van der Waals surface area contributed by atoms with E-state index in [2.05, 4.69) is 15.6 Å². The number of pyridine rings is 1. The minimum Gasteiger partial charge on any atom is -0.351 e. The maximum atomic E-state index is 12.3. The Hall–Kier alpha value is -1.42. The molecule has 0 spiro atoms. The quantitative estimate of drug-likeness (QED) is 0.886. The van der Waals surface area contributed by atoms with Gasteiger partial charge in [0, 0.05) is 25.0 Å². The van der Waals surface area contributed by atoms with Crippen molar-refractivity contribution in [3.8, 4) is 0 Å². The zero-order valence-corrected chi connectivity index (χ0v) is 11.8. The molecule has 2 N–H and O–H groups in total. The summed E-state index contributed by atoms with van der Waals surface area (Å²) in [6.07, 6.45) is 10.9. The fourth-order valence-corrected chi connectivity index (χ4v) is 3.52. The van der Waals surface area contributed by atoms with Crippen LogP contribution < -0.4 is 10.6 Å². The molecule has 0 bridgehead atoms. The zero-order valence-electron chi connectivity index (χ0n) is 11.8. The second-order valence-electron chi connectivity index (χ2n) is 6.03. The number of rotatable bonds is 3. The number of hydrogen-bond donors (Lipinski definition) is 2. The lowest BCUT2D eigenvalue weighted by Gasteiger charge is -2.39. The van der Waals surface area contributed by atoms with E-state index in [1.807, 2.05) is 12.1 Å². The van der Waals surface area contributed by atoms with E-state index >= 15 is 0 Å². The largest absolute Gasteiger partial charge is 0.351 e. The van der Waals surface area contributed by atoms with E-state index in [4.69, 9.17) is 0 Å². The molecule has 3 atom stereocenters. The second kappa shape index (κ2) is 6.35. The Morgan fingerprint density at radius 3 is 3.05 bits per heavy atom. The van der Waals surface area contributed by atoms with E-state index in [-0.39, 0.29) is 11.9 Å². The van der Waals surface area contributed by atoms with Gasteiger partial charge in [0.25, 0.3) is 0 Å². The van der Waals surface area contributed by atoms with Crippen molar-refractivity contribution < 1.29 is 4.79 Å². The Kier molecular flexibility index (Phi) is 4.31. The van der Waals surface area contributed by atoms with Crippen molar-refractivity contribution >= 4 is 5.91 Å². The fourth-order valence-electron chi connectivity index (χ4n) is 3.52. The summed E-state index contributed by atoms with van der Waals surface area (Å²) in [5.74, 6) is 0.934. The highest BCUT2D eigenvalue weighted by Gasteiger charge is 2.34. The van der Waals surface area contributed by atoms with Gasteiger partial charge in [-0.2, -0.15) is 0 Å². The number of amides is 1. The summed E-state index contributed by atoms with van der Waals surface area (Å²) in [4.78, 5) is 16.3. The zero-order chi connectivity index (χ0) is 13.8. The SMILES string of the molecule is O=C(NCc1cccnc1)C1CCC2CCCCC2N1. The minimum atomic E-state index is -0.00831. The predicted molar refractivity (Wildman–Crippen MR) is 78.0 cm³/mol. The Balaban J connectivity index is 1.50. The molecule has 2 aliphatic rings. The van der Waals surface area contributed by atoms with E-state index in [1.54, 1.807) is 12.4 Å². The van der Waals surface area contributed by atoms with Crippen LogP contribution >= 0.6 is 0 Å². The molecule has 3 unspecified atom stereocenters. The van der Waals surface area contributed by atoms with Crippen LogP contribution in [0, 0.1) is 5.92 Å². The Morgan fingerprint density at radius 1 is 1.30 bits per heavy atom. The lowest BCUT2D eigenvalue weighted by Crippen LogP contribution is -2.54.